The Balaban J connectivity index is 1.67. The Morgan fingerprint density at radius 3 is 2.19 bits per heavy atom. The third-order valence-corrected chi connectivity index (χ3v) is 6.24. The van der Waals surface area contributed by atoms with Crippen LogP contribution in [0.15, 0.2) is 12.2 Å². The average Bonchev–Trinajstić information content (AvgIpc) is 3.20. The number of rotatable bonds is 12. The highest BCUT2D eigenvalue weighted by atomic mass is 17.1. The van der Waals surface area contributed by atoms with Gasteiger partial charge in [-0.25, -0.2) is 4.89 Å². The fraction of sp³-hybridized carbons (Fsp3) is 0.909. The van der Waals surface area contributed by atoms with Crippen LogP contribution in [-0.2, 0) is 19.1 Å². The second-order valence-electron chi connectivity index (χ2n) is 8.86. The number of hydrogen-bond acceptors (Lipinski definition) is 5. The molecule has 1 unspecified atom stereocenters. The topological polar surface area (TPSA) is 57.2 Å². The summed E-state index contributed by atoms with van der Waals surface area (Å²) in [6.07, 6.45) is 11.9. The summed E-state index contributed by atoms with van der Waals surface area (Å²) in [5, 5.41) is 9.17. The van der Waals surface area contributed by atoms with E-state index in [0.717, 1.165) is 45.1 Å². The second kappa shape index (κ2) is 11.5. The first-order valence-electron chi connectivity index (χ1n) is 10.8. The zero-order valence-corrected chi connectivity index (χ0v) is 17.7. The molecular formula is C22H40O5. The van der Waals surface area contributed by atoms with Gasteiger partial charge in [-0.3, -0.25) is 5.26 Å². The van der Waals surface area contributed by atoms with Crippen molar-refractivity contribution >= 4 is 0 Å². The maximum atomic E-state index is 9.17. The van der Waals surface area contributed by atoms with Gasteiger partial charge in [0.05, 0.1) is 31.0 Å². The van der Waals surface area contributed by atoms with Crippen LogP contribution >= 0.6 is 0 Å². The predicted molar refractivity (Wildman–Crippen MR) is 107 cm³/mol. The molecule has 0 aromatic rings. The first-order chi connectivity index (χ1) is 12.9. The van der Waals surface area contributed by atoms with E-state index in [9.17, 15) is 5.26 Å². The highest BCUT2D eigenvalue weighted by Gasteiger charge is 2.35. The van der Waals surface area contributed by atoms with E-state index in [2.05, 4.69) is 44.7 Å². The van der Waals surface area contributed by atoms with Crippen molar-refractivity contribution in [3.8, 4) is 0 Å². The van der Waals surface area contributed by atoms with Crippen LogP contribution in [0.25, 0.3) is 0 Å². The molecule has 0 bridgehead atoms. The van der Waals surface area contributed by atoms with E-state index in [0.29, 0.717) is 31.2 Å². The molecule has 5 heteroatoms. The maximum Gasteiger partial charge on any atom is 0.139 e. The van der Waals surface area contributed by atoms with Crippen molar-refractivity contribution in [3.63, 3.8) is 0 Å². The molecule has 1 N–H and O–H groups in total. The van der Waals surface area contributed by atoms with Crippen LogP contribution in [0.5, 0.6) is 0 Å². The average molecular weight is 385 g/mol. The summed E-state index contributed by atoms with van der Waals surface area (Å²) in [5.41, 5.74) is -0.243. The molecular weight excluding hydrogens is 344 g/mol. The summed E-state index contributed by atoms with van der Waals surface area (Å²) in [4.78, 5) is 4.58. The van der Waals surface area contributed by atoms with E-state index in [-0.39, 0.29) is 11.7 Å². The van der Waals surface area contributed by atoms with Crippen molar-refractivity contribution in [2.24, 2.45) is 11.8 Å². The highest BCUT2D eigenvalue weighted by Crippen LogP contribution is 2.36. The van der Waals surface area contributed by atoms with Crippen LogP contribution in [0.3, 0.4) is 0 Å². The zero-order valence-electron chi connectivity index (χ0n) is 17.7. The van der Waals surface area contributed by atoms with Crippen molar-refractivity contribution in [2.45, 2.75) is 96.6 Å². The Hall–Kier alpha value is -0.460. The quantitative estimate of drug-likeness (QED) is 0.292. The van der Waals surface area contributed by atoms with Crippen LogP contribution < -0.4 is 0 Å². The molecule has 0 spiro atoms. The minimum absolute atomic E-state index is 0.210. The van der Waals surface area contributed by atoms with E-state index in [1.165, 1.54) is 6.42 Å². The van der Waals surface area contributed by atoms with Gasteiger partial charge in [0.25, 0.3) is 0 Å². The van der Waals surface area contributed by atoms with Gasteiger partial charge in [-0.1, -0.05) is 32.4 Å². The number of hydrogen-bond donors (Lipinski definition) is 1. The molecule has 2 rings (SSSR count). The van der Waals surface area contributed by atoms with Crippen LogP contribution in [0.4, 0.5) is 0 Å². The molecule has 0 aromatic carbocycles. The SMILES string of the molecule is CCC(C)COC1CCC(C(C)(C)OC[C@H](COC2CC=CC2)OO)CC1. The lowest BCUT2D eigenvalue weighted by Gasteiger charge is -2.39. The molecule has 0 heterocycles. The van der Waals surface area contributed by atoms with E-state index in [1.807, 2.05) is 0 Å². The van der Waals surface area contributed by atoms with Gasteiger partial charge in [0, 0.05) is 6.61 Å². The normalized spacial score (nSPS) is 26.4. The summed E-state index contributed by atoms with van der Waals surface area (Å²) >= 11 is 0. The first kappa shape index (κ1) is 22.8. The molecule has 5 nitrogen and oxygen atoms in total. The Kier molecular flexibility index (Phi) is 9.74. The lowest BCUT2D eigenvalue weighted by Crippen LogP contribution is -2.41. The molecule has 0 radical (unpaired) electrons. The predicted octanol–water partition coefficient (Wildman–Crippen LogP) is 5.00. The van der Waals surface area contributed by atoms with E-state index >= 15 is 0 Å². The molecule has 0 aromatic heterocycles. The van der Waals surface area contributed by atoms with Gasteiger partial charge in [0.15, 0.2) is 0 Å². The Morgan fingerprint density at radius 2 is 1.59 bits per heavy atom. The van der Waals surface area contributed by atoms with E-state index in [1.54, 1.807) is 0 Å². The second-order valence-corrected chi connectivity index (χ2v) is 8.86. The standard InChI is InChI=1S/C22H40O5/c1-5-17(2)14-24-20-12-10-18(11-13-20)22(3,4)26-16-21(27-23)15-25-19-8-6-7-9-19/h6-7,17-21,23H,5,8-16H2,1-4H3/t17?,18?,20?,21-/m0/s1. The van der Waals surface area contributed by atoms with Crippen molar-refractivity contribution in [1.29, 1.82) is 0 Å². The van der Waals surface area contributed by atoms with E-state index in [4.69, 9.17) is 14.2 Å². The molecule has 0 aliphatic heterocycles. The Bertz CT molecular complexity index is 420. The Labute approximate surface area is 165 Å². The lowest BCUT2D eigenvalue weighted by atomic mass is 9.77. The van der Waals surface area contributed by atoms with Gasteiger partial charge in [0.1, 0.15) is 6.10 Å². The molecule has 1 saturated carbocycles. The van der Waals surface area contributed by atoms with Crippen molar-refractivity contribution in [3.05, 3.63) is 12.2 Å². The third kappa shape index (κ3) is 7.82. The molecule has 1 fully saturated rings. The monoisotopic (exact) mass is 384 g/mol. The fourth-order valence-electron chi connectivity index (χ4n) is 3.85. The summed E-state index contributed by atoms with van der Waals surface area (Å²) in [6, 6.07) is 0. The highest BCUT2D eigenvalue weighted by molar-refractivity contribution is 4.95. The lowest BCUT2D eigenvalue weighted by molar-refractivity contribution is -0.303. The molecule has 2 aliphatic rings. The smallest absolute Gasteiger partial charge is 0.139 e. The van der Waals surface area contributed by atoms with Crippen LogP contribution in [-0.4, -0.2) is 49.0 Å². The van der Waals surface area contributed by atoms with Gasteiger partial charge in [-0.15, -0.1) is 0 Å². The van der Waals surface area contributed by atoms with Gasteiger partial charge in [-0.2, -0.15) is 0 Å². The fourth-order valence-corrected chi connectivity index (χ4v) is 3.85. The summed E-state index contributed by atoms with van der Waals surface area (Å²) in [5.74, 6) is 1.14. The maximum absolute atomic E-state index is 9.17. The summed E-state index contributed by atoms with van der Waals surface area (Å²) in [7, 11) is 0. The van der Waals surface area contributed by atoms with Gasteiger partial charge in [0.2, 0.25) is 0 Å². The molecule has 0 amide bonds. The largest absolute Gasteiger partial charge is 0.378 e. The number of ether oxygens (including phenoxy) is 3. The Morgan fingerprint density at radius 1 is 0.963 bits per heavy atom. The molecule has 2 aliphatic carbocycles. The zero-order chi connectivity index (χ0) is 19.7. The summed E-state index contributed by atoms with van der Waals surface area (Å²) < 4.78 is 18.0. The van der Waals surface area contributed by atoms with Crippen molar-refractivity contribution in [1.82, 2.24) is 0 Å². The summed E-state index contributed by atoms with van der Waals surface area (Å²) in [6.45, 7) is 10.3. The van der Waals surface area contributed by atoms with Crippen LogP contribution in [0, 0.1) is 11.8 Å². The molecule has 2 atom stereocenters. The minimum atomic E-state index is -0.444. The molecule has 158 valence electrons. The van der Waals surface area contributed by atoms with Crippen LogP contribution in [0.2, 0.25) is 0 Å². The van der Waals surface area contributed by atoms with Gasteiger partial charge >= 0.3 is 0 Å². The van der Waals surface area contributed by atoms with Crippen LogP contribution in [0.1, 0.15) is 72.6 Å². The minimum Gasteiger partial charge on any atom is -0.378 e. The van der Waals surface area contributed by atoms with Crippen molar-refractivity contribution in [2.75, 3.05) is 19.8 Å². The van der Waals surface area contributed by atoms with Crippen molar-refractivity contribution < 1.29 is 24.4 Å². The third-order valence-electron chi connectivity index (χ3n) is 6.24. The van der Waals surface area contributed by atoms with E-state index < -0.39 is 6.10 Å². The van der Waals surface area contributed by atoms with Gasteiger partial charge in [-0.05, 0) is 64.2 Å². The van der Waals surface area contributed by atoms with Gasteiger partial charge < -0.3 is 14.2 Å². The first-order valence-corrected chi connectivity index (χ1v) is 10.8. The molecule has 27 heavy (non-hydrogen) atoms. The molecule has 0 saturated heterocycles.